The molecule has 0 fully saturated rings. The zero-order valence-corrected chi connectivity index (χ0v) is 9.95. The van der Waals surface area contributed by atoms with Crippen LogP contribution in [0.15, 0.2) is 46.2 Å². The third kappa shape index (κ3) is 1.67. The highest BCUT2D eigenvalue weighted by Gasteiger charge is 2.10. The lowest BCUT2D eigenvalue weighted by atomic mass is 10.3. The highest BCUT2D eigenvalue weighted by atomic mass is 19.1. The third-order valence-corrected chi connectivity index (χ3v) is 2.82. The molecule has 1 aromatic carbocycles. The van der Waals surface area contributed by atoms with Gasteiger partial charge in [0.2, 0.25) is 5.65 Å². The van der Waals surface area contributed by atoms with E-state index in [9.17, 15) is 14.0 Å². The molecule has 7 heteroatoms. The number of aryl methyl sites for hydroxylation is 1. The smallest absolute Gasteiger partial charge is 0.279 e. The van der Waals surface area contributed by atoms with Gasteiger partial charge in [0.05, 0.1) is 5.69 Å². The van der Waals surface area contributed by atoms with E-state index in [4.69, 9.17) is 0 Å². The van der Waals surface area contributed by atoms with Gasteiger partial charge in [-0.05, 0) is 18.2 Å². The summed E-state index contributed by atoms with van der Waals surface area (Å²) in [6.07, 6.45) is 2.84. The van der Waals surface area contributed by atoms with Crippen LogP contribution in [-0.2, 0) is 7.05 Å². The van der Waals surface area contributed by atoms with Crippen LogP contribution < -0.4 is 11.2 Å². The number of halogens is 1. The maximum absolute atomic E-state index is 13.2. The Labute approximate surface area is 106 Å². The molecule has 0 unspecified atom stereocenters. The molecule has 2 heterocycles. The Morgan fingerprint density at radius 3 is 2.74 bits per heavy atom. The fraction of sp³-hybridized carbons (Fsp3) is 0.0833. The predicted octanol–water partition coefficient (Wildman–Crippen LogP) is 0.323. The summed E-state index contributed by atoms with van der Waals surface area (Å²) in [6.45, 7) is 0. The number of rotatable bonds is 1. The normalized spacial score (nSPS) is 11.1. The molecule has 0 bridgehead atoms. The molecule has 0 aliphatic heterocycles. The van der Waals surface area contributed by atoms with Crippen LogP contribution >= 0.6 is 0 Å². The lowest BCUT2D eigenvalue weighted by Crippen LogP contribution is -2.23. The predicted molar refractivity (Wildman–Crippen MR) is 66.0 cm³/mol. The monoisotopic (exact) mass is 260 g/mol. The van der Waals surface area contributed by atoms with Gasteiger partial charge in [-0.2, -0.15) is 0 Å². The van der Waals surface area contributed by atoms with Crippen molar-refractivity contribution in [2.45, 2.75) is 0 Å². The number of nitrogens with zero attached hydrogens (tertiary/aromatic N) is 4. The van der Waals surface area contributed by atoms with Crippen molar-refractivity contribution < 1.29 is 4.39 Å². The summed E-state index contributed by atoms with van der Waals surface area (Å²) in [4.78, 5) is 23.8. The molecule has 6 nitrogen and oxygen atoms in total. The second kappa shape index (κ2) is 3.91. The van der Waals surface area contributed by atoms with Crippen LogP contribution in [0.5, 0.6) is 0 Å². The van der Waals surface area contributed by atoms with Crippen LogP contribution in [0, 0.1) is 5.82 Å². The number of aromatic nitrogens is 4. The van der Waals surface area contributed by atoms with Crippen molar-refractivity contribution in [2.24, 2.45) is 7.05 Å². The summed E-state index contributed by atoms with van der Waals surface area (Å²) in [5.74, 6) is -0.442. The van der Waals surface area contributed by atoms with E-state index in [1.54, 1.807) is 6.07 Å². The van der Waals surface area contributed by atoms with Crippen molar-refractivity contribution in [3.8, 4) is 5.69 Å². The molecule has 2 aromatic heterocycles. The van der Waals surface area contributed by atoms with Crippen molar-refractivity contribution in [2.75, 3.05) is 0 Å². The zero-order valence-electron chi connectivity index (χ0n) is 9.95. The first kappa shape index (κ1) is 11.4. The standard InChI is InChI=1S/C12H9FN4O2/c1-15-12(19)17-6-5-16(11(18)10(17)14-15)9-4-2-3-8(13)7-9/h2-7H,1H3. The molecule has 3 aromatic rings. The highest BCUT2D eigenvalue weighted by Crippen LogP contribution is 2.07. The van der Waals surface area contributed by atoms with E-state index in [1.807, 2.05) is 0 Å². The summed E-state index contributed by atoms with van der Waals surface area (Å²) >= 11 is 0. The number of hydrogen-bond donors (Lipinski definition) is 0. The van der Waals surface area contributed by atoms with Crippen LogP contribution in [-0.4, -0.2) is 18.7 Å². The van der Waals surface area contributed by atoms with Crippen LogP contribution in [0.1, 0.15) is 0 Å². The first-order chi connectivity index (χ1) is 9.08. The van der Waals surface area contributed by atoms with Crippen LogP contribution in [0.25, 0.3) is 11.3 Å². The fourth-order valence-corrected chi connectivity index (χ4v) is 1.90. The van der Waals surface area contributed by atoms with Gasteiger partial charge in [0.25, 0.3) is 0 Å². The number of fused-ring (bicyclic) bond motifs is 1. The molecule has 0 spiro atoms. The average Bonchev–Trinajstić information content (AvgIpc) is 2.67. The average molecular weight is 260 g/mol. The Morgan fingerprint density at radius 1 is 1.21 bits per heavy atom. The molecule has 0 amide bonds. The summed E-state index contributed by atoms with van der Waals surface area (Å²) in [5.41, 5.74) is -0.505. The van der Waals surface area contributed by atoms with Crippen molar-refractivity contribution in [3.05, 3.63) is 63.3 Å². The van der Waals surface area contributed by atoms with E-state index in [0.29, 0.717) is 5.69 Å². The minimum Gasteiger partial charge on any atom is -0.279 e. The number of benzene rings is 1. The van der Waals surface area contributed by atoms with Crippen LogP contribution in [0.2, 0.25) is 0 Å². The van der Waals surface area contributed by atoms with E-state index in [1.165, 1.54) is 42.2 Å². The number of hydrogen-bond acceptors (Lipinski definition) is 3. The second-order valence-corrected chi connectivity index (χ2v) is 4.05. The summed E-state index contributed by atoms with van der Waals surface area (Å²) in [5, 5.41) is 3.86. The molecule has 0 aliphatic carbocycles. The molecular formula is C12H9FN4O2. The lowest BCUT2D eigenvalue weighted by molar-refractivity contribution is 0.626. The Morgan fingerprint density at radius 2 is 2.00 bits per heavy atom. The molecule has 0 N–H and O–H groups in total. The minimum absolute atomic E-state index is 0.000684. The molecule has 19 heavy (non-hydrogen) atoms. The third-order valence-electron chi connectivity index (χ3n) is 2.82. The molecule has 0 aliphatic rings. The van der Waals surface area contributed by atoms with E-state index >= 15 is 0 Å². The summed E-state index contributed by atoms with van der Waals surface area (Å²) in [7, 11) is 1.46. The van der Waals surface area contributed by atoms with Gasteiger partial charge in [0, 0.05) is 19.4 Å². The van der Waals surface area contributed by atoms with Gasteiger partial charge in [-0.15, -0.1) is 5.10 Å². The fourth-order valence-electron chi connectivity index (χ4n) is 1.90. The van der Waals surface area contributed by atoms with E-state index in [-0.39, 0.29) is 5.65 Å². The molecule has 0 atom stereocenters. The van der Waals surface area contributed by atoms with Crippen molar-refractivity contribution in [3.63, 3.8) is 0 Å². The molecule has 0 saturated heterocycles. The van der Waals surface area contributed by atoms with Crippen molar-refractivity contribution in [1.29, 1.82) is 0 Å². The lowest BCUT2D eigenvalue weighted by Gasteiger charge is -2.04. The zero-order chi connectivity index (χ0) is 13.6. The van der Waals surface area contributed by atoms with Gasteiger partial charge in [-0.1, -0.05) is 6.07 Å². The Bertz CT molecular complexity index is 891. The molecule has 0 radical (unpaired) electrons. The van der Waals surface area contributed by atoms with Crippen molar-refractivity contribution >= 4 is 5.65 Å². The van der Waals surface area contributed by atoms with Gasteiger partial charge in [0.1, 0.15) is 5.82 Å². The van der Waals surface area contributed by atoms with Crippen LogP contribution in [0.4, 0.5) is 4.39 Å². The first-order valence-corrected chi connectivity index (χ1v) is 5.51. The van der Waals surface area contributed by atoms with E-state index in [2.05, 4.69) is 5.10 Å². The maximum atomic E-state index is 13.2. The Kier molecular flexibility index (Phi) is 2.34. The largest absolute Gasteiger partial charge is 0.350 e. The van der Waals surface area contributed by atoms with E-state index in [0.717, 1.165) is 9.08 Å². The van der Waals surface area contributed by atoms with Crippen molar-refractivity contribution in [1.82, 2.24) is 18.7 Å². The molecule has 96 valence electrons. The Hall–Kier alpha value is -2.70. The summed E-state index contributed by atoms with van der Waals surface area (Å²) < 4.78 is 16.6. The van der Waals surface area contributed by atoms with Gasteiger partial charge in [-0.3, -0.25) is 9.36 Å². The van der Waals surface area contributed by atoms with Crippen LogP contribution in [0.3, 0.4) is 0 Å². The first-order valence-electron chi connectivity index (χ1n) is 5.51. The quantitative estimate of drug-likeness (QED) is 0.633. The topological polar surface area (TPSA) is 61.3 Å². The highest BCUT2D eigenvalue weighted by molar-refractivity contribution is 5.39. The van der Waals surface area contributed by atoms with Gasteiger partial charge in [-0.25, -0.2) is 18.3 Å². The SMILES string of the molecule is Cn1nc2c(=O)n(-c3cccc(F)c3)ccn2c1=O. The molecule has 3 rings (SSSR count). The summed E-state index contributed by atoms with van der Waals surface area (Å²) in [6, 6.07) is 5.63. The Balaban J connectivity index is 2.35. The van der Waals surface area contributed by atoms with Gasteiger partial charge < -0.3 is 0 Å². The van der Waals surface area contributed by atoms with Gasteiger partial charge >= 0.3 is 11.2 Å². The molecular weight excluding hydrogens is 251 g/mol. The van der Waals surface area contributed by atoms with E-state index < -0.39 is 17.1 Å². The van der Waals surface area contributed by atoms with Gasteiger partial charge in [0.15, 0.2) is 0 Å². The second-order valence-electron chi connectivity index (χ2n) is 4.05. The minimum atomic E-state index is -0.481. The molecule has 0 saturated carbocycles. The maximum Gasteiger partial charge on any atom is 0.350 e.